The fraction of sp³-hybridized carbons (Fsp3) is 0.263. The molecule has 2 aromatic heterocycles. The van der Waals surface area contributed by atoms with Gasteiger partial charge in [-0.15, -0.1) is 0 Å². The second-order valence-electron chi connectivity index (χ2n) is 6.42. The van der Waals surface area contributed by atoms with Crippen LogP contribution in [0.5, 0.6) is 0 Å². The maximum absolute atomic E-state index is 12.4. The molecule has 4 rings (SSSR count). The SMILES string of the molecule is CN1CC(NC(=O)c2ccccc2)CC1c1nc(-c2ccncc2)no1. The minimum absolute atomic E-state index is 0.0147. The molecule has 1 N–H and O–H groups in total. The van der Waals surface area contributed by atoms with Crippen LogP contribution in [0.1, 0.15) is 28.7 Å². The van der Waals surface area contributed by atoms with Gasteiger partial charge in [0, 0.05) is 36.1 Å². The number of carbonyl (C=O) groups is 1. The zero-order valence-corrected chi connectivity index (χ0v) is 14.4. The van der Waals surface area contributed by atoms with Crippen molar-refractivity contribution in [3.05, 3.63) is 66.3 Å². The molecular formula is C19H19N5O2. The van der Waals surface area contributed by atoms with Gasteiger partial charge in [0.25, 0.3) is 5.91 Å². The summed E-state index contributed by atoms with van der Waals surface area (Å²) in [5, 5.41) is 7.16. The van der Waals surface area contributed by atoms with E-state index in [1.54, 1.807) is 12.4 Å². The van der Waals surface area contributed by atoms with Gasteiger partial charge in [0.05, 0.1) is 6.04 Å². The van der Waals surface area contributed by atoms with E-state index in [2.05, 4.69) is 25.3 Å². The van der Waals surface area contributed by atoms with Crippen LogP contribution in [0.25, 0.3) is 11.4 Å². The van der Waals surface area contributed by atoms with E-state index >= 15 is 0 Å². The molecule has 0 radical (unpaired) electrons. The Balaban J connectivity index is 1.44. The molecule has 1 aromatic carbocycles. The molecular weight excluding hydrogens is 330 g/mol. The van der Waals surface area contributed by atoms with E-state index in [9.17, 15) is 4.79 Å². The monoisotopic (exact) mass is 349 g/mol. The van der Waals surface area contributed by atoms with Crippen molar-refractivity contribution >= 4 is 5.91 Å². The van der Waals surface area contributed by atoms with Crippen LogP contribution >= 0.6 is 0 Å². The number of benzene rings is 1. The third-order valence-electron chi connectivity index (χ3n) is 4.58. The maximum atomic E-state index is 12.4. The minimum atomic E-state index is -0.0624. The molecule has 3 heterocycles. The first-order valence-corrected chi connectivity index (χ1v) is 8.51. The Labute approximate surface area is 151 Å². The number of hydrogen-bond acceptors (Lipinski definition) is 6. The second kappa shape index (κ2) is 7.05. The molecule has 0 saturated carbocycles. The number of carbonyl (C=O) groups excluding carboxylic acids is 1. The summed E-state index contributed by atoms with van der Waals surface area (Å²) in [4.78, 5) is 23.0. The number of hydrogen-bond donors (Lipinski definition) is 1. The van der Waals surface area contributed by atoms with Crippen molar-refractivity contribution < 1.29 is 9.32 Å². The minimum Gasteiger partial charge on any atom is -0.348 e. The highest BCUT2D eigenvalue weighted by atomic mass is 16.5. The second-order valence-corrected chi connectivity index (χ2v) is 6.42. The lowest BCUT2D eigenvalue weighted by Crippen LogP contribution is -2.36. The molecule has 0 aliphatic carbocycles. The molecule has 0 bridgehead atoms. The van der Waals surface area contributed by atoms with Gasteiger partial charge in [0.2, 0.25) is 11.7 Å². The summed E-state index contributed by atoms with van der Waals surface area (Å²) in [7, 11) is 2.00. The Kier molecular flexibility index (Phi) is 4.45. The highest BCUT2D eigenvalue weighted by molar-refractivity contribution is 5.94. The quantitative estimate of drug-likeness (QED) is 0.778. The van der Waals surface area contributed by atoms with Crippen LogP contribution in [-0.4, -0.2) is 45.6 Å². The van der Waals surface area contributed by atoms with E-state index in [4.69, 9.17) is 4.52 Å². The summed E-state index contributed by atoms with van der Waals surface area (Å²) < 4.78 is 5.48. The molecule has 132 valence electrons. The van der Waals surface area contributed by atoms with E-state index < -0.39 is 0 Å². The van der Waals surface area contributed by atoms with Crippen LogP contribution in [0, 0.1) is 0 Å². The fourth-order valence-corrected chi connectivity index (χ4v) is 3.24. The molecule has 1 aliphatic heterocycles. The van der Waals surface area contributed by atoms with Crippen molar-refractivity contribution in [1.29, 1.82) is 0 Å². The highest BCUT2D eigenvalue weighted by Gasteiger charge is 2.35. The van der Waals surface area contributed by atoms with Gasteiger partial charge in [-0.05, 0) is 37.7 Å². The maximum Gasteiger partial charge on any atom is 0.251 e. The Hall–Kier alpha value is -3.06. The van der Waals surface area contributed by atoms with Crippen molar-refractivity contribution in [2.24, 2.45) is 0 Å². The van der Waals surface area contributed by atoms with Crippen LogP contribution in [0.2, 0.25) is 0 Å². The third kappa shape index (κ3) is 3.34. The summed E-state index contributed by atoms with van der Waals surface area (Å²) in [5.41, 5.74) is 1.53. The smallest absolute Gasteiger partial charge is 0.251 e. The van der Waals surface area contributed by atoms with Crippen molar-refractivity contribution in [2.75, 3.05) is 13.6 Å². The molecule has 7 nitrogen and oxygen atoms in total. The Morgan fingerprint density at radius 3 is 2.73 bits per heavy atom. The van der Waals surface area contributed by atoms with Gasteiger partial charge in [0.15, 0.2) is 0 Å². The average Bonchev–Trinajstić information content (AvgIpc) is 3.30. The summed E-state index contributed by atoms with van der Waals surface area (Å²) >= 11 is 0. The van der Waals surface area contributed by atoms with Crippen LogP contribution in [0.4, 0.5) is 0 Å². The Morgan fingerprint density at radius 1 is 1.19 bits per heavy atom. The third-order valence-corrected chi connectivity index (χ3v) is 4.58. The van der Waals surface area contributed by atoms with Crippen LogP contribution < -0.4 is 5.32 Å². The van der Waals surface area contributed by atoms with Gasteiger partial charge < -0.3 is 9.84 Å². The van der Waals surface area contributed by atoms with Crippen molar-refractivity contribution in [2.45, 2.75) is 18.5 Å². The van der Waals surface area contributed by atoms with E-state index in [1.807, 2.05) is 49.5 Å². The lowest BCUT2D eigenvalue weighted by Gasteiger charge is -2.14. The van der Waals surface area contributed by atoms with Gasteiger partial charge in [0.1, 0.15) is 0 Å². The number of likely N-dealkylation sites (N-methyl/N-ethyl adjacent to an activating group) is 1. The van der Waals surface area contributed by atoms with E-state index in [-0.39, 0.29) is 18.0 Å². The molecule has 2 atom stereocenters. The zero-order valence-electron chi connectivity index (χ0n) is 14.4. The molecule has 2 unspecified atom stereocenters. The van der Waals surface area contributed by atoms with E-state index in [0.717, 1.165) is 18.5 Å². The molecule has 1 fully saturated rings. The summed E-state index contributed by atoms with van der Waals surface area (Å²) in [6.45, 7) is 0.732. The van der Waals surface area contributed by atoms with Crippen molar-refractivity contribution in [3.8, 4) is 11.4 Å². The topological polar surface area (TPSA) is 84.2 Å². The lowest BCUT2D eigenvalue weighted by molar-refractivity contribution is 0.0938. The Morgan fingerprint density at radius 2 is 1.96 bits per heavy atom. The molecule has 0 spiro atoms. The first-order chi connectivity index (χ1) is 12.7. The average molecular weight is 349 g/mol. The molecule has 1 amide bonds. The molecule has 7 heteroatoms. The van der Waals surface area contributed by atoms with Crippen LogP contribution in [0.15, 0.2) is 59.4 Å². The largest absolute Gasteiger partial charge is 0.348 e. The molecule has 3 aromatic rings. The van der Waals surface area contributed by atoms with Gasteiger partial charge in [-0.1, -0.05) is 23.4 Å². The van der Waals surface area contributed by atoms with Crippen molar-refractivity contribution in [1.82, 2.24) is 25.3 Å². The molecule has 26 heavy (non-hydrogen) atoms. The van der Waals surface area contributed by atoms with Gasteiger partial charge in [-0.25, -0.2) is 0 Å². The molecule has 1 saturated heterocycles. The molecule has 1 aliphatic rings. The lowest BCUT2D eigenvalue weighted by atomic mass is 10.1. The van der Waals surface area contributed by atoms with Gasteiger partial charge in [-0.3, -0.25) is 14.7 Å². The number of amides is 1. The van der Waals surface area contributed by atoms with E-state index in [1.165, 1.54) is 0 Å². The predicted molar refractivity (Wildman–Crippen MR) is 95.2 cm³/mol. The highest BCUT2D eigenvalue weighted by Crippen LogP contribution is 2.30. The number of aromatic nitrogens is 3. The number of nitrogens with one attached hydrogen (secondary N) is 1. The summed E-state index contributed by atoms with van der Waals surface area (Å²) in [6.07, 6.45) is 4.12. The van der Waals surface area contributed by atoms with E-state index in [0.29, 0.717) is 17.3 Å². The van der Waals surface area contributed by atoms with Gasteiger partial charge >= 0.3 is 0 Å². The van der Waals surface area contributed by atoms with Crippen molar-refractivity contribution in [3.63, 3.8) is 0 Å². The first-order valence-electron chi connectivity index (χ1n) is 8.51. The predicted octanol–water partition coefficient (Wildman–Crippen LogP) is 2.31. The standard InChI is InChI=1S/C19H19N5O2/c1-24-12-15(21-18(25)14-5-3-2-4-6-14)11-16(24)19-22-17(23-26-19)13-7-9-20-10-8-13/h2-10,15-16H,11-12H2,1H3,(H,21,25). The Bertz CT molecular complexity index is 881. The number of nitrogens with zero attached hydrogens (tertiary/aromatic N) is 4. The number of pyridine rings is 1. The zero-order chi connectivity index (χ0) is 17.9. The number of likely N-dealkylation sites (tertiary alicyclic amines) is 1. The summed E-state index contributed by atoms with van der Waals surface area (Å²) in [5.74, 6) is 1.05. The van der Waals surface area contributed by atoms with Crippen LogP contribution in [-0.2, 0) is 0 Å². The first kappa shape index (κ1) is 16.4. The van der Waals surface area contributed by atoms with Gasteiger partial charge in [-0.2, -0.15) is 4.98 Å². The normalized spacial score (nSPS) is 20.2. The van der Waals surface area contributed by atoms with Crippen LogP contribution in [0.3, 0.4) is 0 Å². The fourth-order valence-electron chi connectivity index (χ4n) is 3.24. The summed E-state index contributed by atoms with van der Waals surface area (Å²) in [6, 6.07) is 12.9. The number of rotatable bonds is 4.